The minimum atomic E-state index is -0.589. The molecule has 1 aromatic carbocycles. The molecule has 0 aliphatic carbocycles. The van der Waals surface area contributed by atoms with Crippen LogP contribution in [0.2, 0.25) is 0 Å². The highest BCUT2D eigenvalue weighted by Crippen LogP contribution is 2.20. The van der Waals surface area contributed by atoms with E-state index in [4.69, 9.17) is 5.73 Å². The first-order chi connectivity index (χ1) is 7.93. The fourth-order valence-electron chi connectivity index (χ4n) is 1.40. The van der Waals surface area contributed by atoms with E-state index < -0.39 is 11.0 Å². The van der Waals surface area contributed by atoms with Crippen molar-refractivity contribution < 1.29 is 9.72 Å². The van der Waals surface area contributed by atoms with Crippen LogP contribution in [-0.4, -0.2) is 16.9 Å². The molecule has 0 saturated heterocycles. The van der Waals surface area contributed by atoms with Crippen LogP contribution < -0.4 is 11.1 Å². The summed E-state index contributed by atoms with van der Waals surface area (Å²) in [6, 6.07) is 4.18. The zero-order valence-corrected chi connectivity index (χ0v) is 11.0. The van der Waals surface area contributed by atoms with Crippen LogP contribution in [0.25, 0.3) is 0 Å². The Morgan fingerprint density at radius 3 is 2.67 bits per heavy atom. The quantitative estimate of drug-likeness (QED) is 0.638. The number of amides is 1. The van der Waals surface area contributed by atoms with Gasteiger partial charge in [0.05, 0.1) is 11.0 Å². The molecule has 1 rings (SSSR count). The second kappa shape index (κ2) is 6.93. The Morgan fingerprint density at radius 1 is 1.56 bits per heavy atom. The Hall–Kier alpha value is -1.66. The largest absolute Gasteiger partial charge is 0.351 e. The van der Waals surface area contributed by atoms with Crippen molar-refractivity contribution in [3.63, 3.8) is 0 Å². The summed E-state index contributed by atoms with van der Waals surface area (Å²) in [5.74, 6) is -0.282. The molecule has 1 unspecified atom stereocenters. The summed E-state index contributed by atoms with van der Waals surface area (Å²) in [7, 11) is 0. The van der Waals surface area contributed by atoms with Gasteiger partial charge in [0.2, 0.25) is 5.91 Å². The number of hydrogen-bond donors (Lipinski definition) is 2. The normalized spacial score (nSPS) is 11.3. The highest BCUT2D eigenvalue weighted by molar-refractivity contribution is 5.85. The van der Waals surface area contributed by atoms with Crippen molar-refractivity contribution in [2.24, 2.45) is 5.73 Å². The van der Waals surface area contributed by atoms with Gasteiger partial charge in [-0.2, -0.15) is 0 Å². The van der Waals surface area contributed by atoms with Gasteiger partial charge in [0, 0.05) is 18.2 Å². The molecular formula is C11H16ClN3O3. The summed E-state index contributed by atoms with van der Waals surface area (Å²) in [5.41, 5.74) is 6.72. The van der Waals surface area contributed by atoms with Gasteiger partial charge in [0.25, 0.3) is 5.69 Å². The molecule has 0 heterocycles. The second-order valence-corrected chi connectivity index (χ2v) is 3.82. The fraction of sp³-hybridized carbons (Fsp3) is 0.364. The average molecular weight is 274 g/mol. The molecule has 1 aromatic rings. The Morgan fingerprint density at radius 2 is 2.17 bits per heavy atom. The van der Waals surface area contributed by atoms with Crippen molar-refractivity contribution in [2.45, 2.75) is 26.4 Å². The third-order valence-electron chi connectivity index (χ3n) is 2.48. The lowest BCUT2D eigenvalue weighted by molar-refractivity contribution is -0.385. The number of hydrogen-bond acceptors (Lipinski definition) is 4. The maximum absolute atomic E-state index is 11.3. The molecule has 0 bridgehead atoms. The zero-order chi connectivity index (χ0) is 13.0. The summed E-state index contributed by atoms with van der Waals surface area (Å²) < 4.78 is 0. The second-order valence-electron chi connectivity index (χ2n) is 3.82. The molecule has 18 heavy (non-hydrogen) atoms. The van der Waals surface area contributed by atoms with Gasteiger partial charge < -0.3 is 11.1 Å². The zero-order valence-electron chi connectivity index (χ0n) is 10.2. The third-order valence-corrected chi connectivity index (χ3v) is 2.48. The number of carbonyl (C=O) groups excluding carboxylic acids is 1. The average Bonchev–Trinajstić information content (AvgIpc) is 2.26. The van der Waals surface area contributed by atoms with E-state index in [1.165, 1.54) is 6.07 Å². The molecule has 0 fully saturated rings. The molecule has 0 aliphatic heterocycles. The molecule has 7 heteroatoms. The first-order valence-electron chi connectivity index (χ1n) is 5.19. The van der Waals surface area contributed by atoms with Crippen LogP contribution >= 0.6 is 12.4 Å². The van der Waals surface area contributed by atoms with Crippen LogP contribution in [0, 0.1) is 17.0 Å². The van der Waals surface area contributed by atoms with Gasteiger partial charge in [-0.3, -0.25) is 14.9 Å². The number of nitro groups is 1. The number of nitrogens with one attached hydrogen (secondary N) is 1. The number of nitrogens with two attached hydrogens (primary N) is 1. The van der Waals surface area contributed by atoms with E-state index in [0.29, 0.717) is 11.1 Å². The van der Waals surface area contributed by atoms with Crippen LogP contribution in [0.5, 0.6) is 0 Å². The van der Waals surface area contributed by atoms with Crippen LogP contribution in [0.1, 0.15) is 18.1 Å². The van der Waals surface area contributed by atoms with Crippen molar-refractivity contribution in [1.29, 1.82) is 0 Å². The fourth-order valence-corrected chi connectivity index (χ4v) is 1.40. The molecule has 0 saturated carbocycles. The Kier molecular flexibility index (Phi) is 6.29. The number of carbonyl (C=O) groups is 1. The SMILES string of the molecule is Cc1c(CNC(=O)C(C)N)cccc1[N+](=O)[O-].Cl. The Bertz CT molecular complexity index is 449. The van der Waals surface area contributed by atoms with Gasteiger partial charge >= 0.3 is 0 Å². The first kappa shape index (κ1) is 16.3. The van der Waals surface area contributed by atoms with Crippen molar-refractivity contribution in [3.05, 3.63) is 39.4 Å². The third kappa shape index (κ3) is 3.97. The summed E-state index contributed by atoms with van der Waals surface area (Å²) in [6.07, 6.45) is 0. The lowest BCUT2D eigenvalue weighted by Gasteiger charge is -2.09. The number of halogens is 1. The van der Waals surface area contributed by atoms with Crippen LogP contribution in [0.4, 0.5) is 5.69 Å². The van der Waals surface area contributed by atoms with Gasteiger partial charge in [-0.05, 0) is 19.4 Å². The molecule has 1 amide bonds. The number of rotatable bonds is 4. The molecule has 3 N–H and O–H groups in total. The van der Waals surface area contributed by atoms with Crippen molar-refractivity contribution in [2.75, 3.05) is 0 Å². The monoisotopic (exact) mass is 273 g/mol. The van der Waals surface area contributed by atoms with Crippen molar-refractivity contribution >= 4 is 24.0 Å². The lowest BCUT2D eigenvalue weighted by Crippen LogP contribution is -2.37. The Balaban J connectivity index is 0.00000289. The van der Waals surface area contributed by atoms with Crippen LogP contribution in [0.3, 0.4) is 0 Å². The lowest BCUT2D eigenvalue weighted by atomic mass is 10.1. The van der Waals surface area contributed by atoms with E-state index in [-0.39, 0.29) is 30.5 Å². The standard InChI is InChI=1S/C11H15N3O3.ClH/c1-7-9(6-13-11(15)8(2)12)4-3-5-10(7)14(16)17;/h3-5,8H,6,12H2,1-2H3,(H,13,15);1H. The van der Waals surface area contributed by atoms with E-state index in [0.717, 1.165) is 0 Å². The van der Waals surface area contributed by atoms with Crippen molar-refractivity contribution in [3.8, 4) is 0 Å². The predicted molar refractivity (Wildman–Crippen MR) is 70.6 cm³/mol. The smallest absolute Gasteiger partial charge is 0.272 e. The summed E-state index contributed by atoms with van der Waals surface area (Å²) in [5, 5.41) is 13.3. The topological polar surface area (TPSA) is 98.3 Å². The predicted octanol–water partition coefficient (Wildman–Crippen LogP) is 1.29. The maximum Gasteiger partial charge on any atom is 0.272 e. The maximum atomic E-state index is 11.3. The summed E-state index contributed by atoms with van der Waals surface area (Å²) >= 11 is 0. The number of benzene rings is 1. The highest BCUT2D eigenvalue weighted by Gasteiger charge is 2.14. The van der Waals surface area contributed by atoms with Gasteiger partial charge in [-0.1, -0.05) is 12.1 Å². The minimum Gasteiger partial charge on any atom is -0.351 e. The van der Waals surface area contributed by atoms with E-state index in [1.807, 2.05) is 0 Å². The molecule has 100 valence electrons. The summed E-state index contributed by atoms with van der Waals surface area (Å²) in [4.78, 5) is 21.6. The number of nitro benzene ring substituents is 1. The van der Waals surface area contributed by atoms with E-state index in [9.17, 15) is 14.9 Å². The van der Waals surface area contributed by atoms with E-state index in [1.54, 1.807) is 26.0 Å². The van der Waals surface area contributed by atoms with Gasteiger partial charge in [-0.15, -0.1) is 12.4 Å². The van der Waals surface area contributed by atoms with E-state index >= 15 is 0 Å². The molecule has 0 radical (unpaired) electrons. The molecule has 0 aliphatic rings. The molecule has 6 nitrogen and oxygen atoms in total. The van der Waals surface area contributed by atoms with Gasteiger partial charge in [-0.25, -0.2) is 0 Å². The van der Waals surface area contributed by atoms with Crippen LogP contribution in [0.15, 0.2) is 18.2 Å². The molecule has 1 atom stereocenters. The molecule has 0 spiro atoms. The molecule has 0 aromatic heterocycles. The molecular weight excluding hydrogens is 258 g/mol. The van der Waals surface area contributed by atoms with Crippen molar-refractivity contribution in [1.82, 2.24) is 5.32 Å². The Labute approximate surface area is 111 Å². The van der Waals surface area contributed by atoms with Crippen LogP contribution in [-0.2, 0) is 11.3 Å². The highest BCUT2D eigenvalue weighted by atomic mass is 35.5. The first-order valence-corrected chi connectivity index (χ1v) is 5.19. The van der Waals surface area contributed by atoms with Gasteiger partial charge in [0.1, 0.15) is 0 Å². The number of nitrogens with zero attached hydrogens (tertiary/aromatic N) is 1. The summed E-state index contributed by atoms with van der Waals surface area (Å²) in [6.45, 7) is 3.48. The van der Waals surface area contributed by atoms with Gasteiger partial charge in [0.15, 0.2) is 0 Å². The minimum absolute atomic E-state index is 0. The van der Waals surface area contributed by atoms with E-state index in [2.05, 4.69) is 5.32 Å².